The third kappa shape index (κ3) is 4.82. The van der Waals surface area contributed by atoms with Gasteiger partial charge in [-0.05, 0) is 48.0 Å². The van der Waals surface area contributed by atoms with Gasteiger partial charge in [-0.25, -0.2) is 9.59 Å². The summed E-state index contributed by atoms with van der Waals surface area (Å²) in [5.41, 5.74) is 0.559. The SMILES string of the molecule is O=C(Oc1ccc2cc(C(=O)NCc3ccccc3)c(=O)oc2c1)c1ccc(Cl)cc1. The maximum atomic E-state index is 12.4. The normalized spacial score (nSPS) is 10.6. The van der Waals surface area contributed by atoms with Crippen molar-refractivity contribution in [2.75, 3.05) is 0 Å². The molecule has 0 aliphatic heterocycles. The molecule has 0 saturated carbocycles. The highest BCUT2D eigenvalue weighted by Crippen LogP contribution is 2.22. The van der Waals surface area contributed by atoms with E-state index in [1.165, 1.54) is 12.1 Å². The van der Waals surface area contributed by atoms with E-state index < -0.39 is 17.5 Å². The maximum absolute atomic E-state index is 12.4. The van der Waals surface area contributed by atoms with E-state index in [1.807, 2.05) is 30.3 Å². The topological polar surface area (TPSA) is 85.6 Å². The molecule has 3 aromatic carbocycles. The van der Waals surface area contributed by atoms with E-state index >= 15 is 0 Å². The molecule has 1 N–H and O–H groups in total. The number of amides is 1. The Morgan fingerprint density at radius 1 is 0.935 bits per heavy atom. The zero-order chi connectivity index (χ0) is 21.8. The minimum Gasteiger partial charge on any atom is -0.423 e. The van der Waals surface area contributed by atoms with Gasteiger partial charge in [-0.3, -0.25) is 4.79 Å². The highest BCUT2D eigenvalue weighted by atomic mass is 35.5. The second-order valence-corrected chi connectivity index (χ2v) is 7.15. The van der Waals surface area contributed by atoms with E-state index in [0.29, 0.717) is 16.0 Å². The van der Waals surface area contributed by atoms with E-state index in [0.717, 1.165) is 5.56 Å². The van der Waals surface area contributed by atoms with Crippen molar-refractivity contribution in [1.29, 1.82) is 0 Å². The summed E-state index contributed by atoms with van der Waals surface area (Å²) in [6.45, 7) is 0.288. The van der Waals surface area contributed by atoms with Crippen LogP contribution in [0.3, 0.4) is 0 Å². The summed E-state index contributed by atoms with van der Waals surface area (Å²) in [5.74, 6) is -0.898. The first-order chi connectivity index (χ1) is 15.0. The first kappa shape index (κ1) is 20.4. The number of benzene rings is 3. The maximum Gasteiger partial charge on any atom is 0.349 e. The zero-order valence-corrected chi connectivity index (χ0v) is 16.9. The second-order valence-electron chi connectivity index (χ2n) is 6.71. The van der Waals surface area contributed by atoms with Crippen molar-refractivity contribution in [3.05, 3.63) is 111 Å². The van der Waals surface area contributed by atoms with Crippen molar-refractivity contribution >= 4 is 34.4 Å². The molecule has 0 saturated heterocycles. The quantitative estimate of drug-likeness (QED) is 0.282. The van der Waals surface area contributed by atoms with Crippen LogP contribution in [-0.2, 0) is 6.54 Å². The molecule has 0 spiro atoms. The molecule has 0 atom stereocenters. The molecule has 0 aliphatic rings. The molecule has 7 heteroatoms. The van der Waals surface area contributed by atoms with Crippen LogP contribution in [0.2, 0.25) is 5.02 Å². The lowest BCUT2D eigenvalue weighted by Crippen LogP contribution is -2.27. The smallest absolute Gasteiger partial charge is 0.349 e. The number of hydrogen-bond acceptors (Lipinski definition) is 5. The fourth-order valence-electron chi connectivity index (χ4n) is 2.94. The Hall–Kier alpha value is -3.90. The van der Waals surface area contributed by atoms with Crippen LogP contribution >= 0.6 is 11.6 Å². The lowest BCUT2D eigenvalue weighted by Gasteiger charge is -2.07. The van der Waals surface area contributed by atoms with Gasteiger partial charge in [0, 0.05) is 23.0 Å². The van der Waals surface area contributed by atoms with Crippen LogP contribution < -0.4 is 15.7 Å². The zero-order valence-electron chi connectivity index (χ0n) is 16.1. The van der Waals surface area contributed by atoms with Crippen LogP contribution in [0.1, 0.15) is 26.3 Å². The first-order valence-corrected chi connectivity index (χ1v) is 9.75. The van der Waals surface area contributed by atoms with Gasteiger partial charge in [0.1, 0.15) is 16.9 Å². The summed E-state index contributed by atoms with van der Waals surface area (Å²) in [5, 5.41) is 3.73. The number of fused-ring (bicyclic) bond motifs is 1. The Bertz CT molecular complexity index is 1310. The van der Waals surface area contributed by atoms with Crippen LogP contribution in [0, 0.1) is 0 Å². The highest BCUT2D eigenvalue weighted by molar-refractivity contribution is 6.30. The van der Waals surface area contributed by atoms with E-state index in [9.17, 15) is 14.4 Å². The van der Waals surface area contributed by atoms with Crippen molar-refractivity contribution in [2.24, 2.45) is 0 Å². The van der Waals surface area contributed by atoms with Crippen LogP contribution in [-0.4, -0.2) is 11.9 Å². The van der Waals surface area contributed by atoms with Gasteiger partial charge in [0.05, 0.1) is 5.56 Å². The second kappa shape index (κ2) is 8.85. The van der Waals surface area contributed by atoms with Gasteiger partial charge in [-0.1, -0.05) is 41.9 Å². The Morgan fingerprint density at radius 3 is 2.42 bits per heavy atom. The lowest BCUT2D eigenvalue weighted by atomic mass is 10.1. The number of esters is 1. The molecule has 1 aromatic heterocycles. The number of ether oxygens (including phenoxy) is 1. The molecule has 0 bridgehead atoms. The van der Waals surface area contributed by atoms with Gasteiger partial charge in [-0.15, -0.1) is 0 Å². The Morgan fingerprint density at radius 2 is 1.68 bits per heavy atom. The van der Waals surface area contributed by atoms with Gasteiger partial charge in [0.25, 0.3) is 5.91 Å². The molecule has 0 aliphatic carbocycles. The van der Waals surface area contributed by atoms with Gasteiger partial charge in [0.2, 0.25) is 0 Å². The summed E-state index contributed by atoms with van der Waals surface area (Å²) in [6.07, 6.45) is 0. The molecule has 4 rings (SSSR count). The van der Waals surface area contributed by atoms with Crippen molar-refractivity contribution < 1.29 is 18.7 Å². The van der Waals surface area contributed by atoms with Gasteiger partial charge < -0.3 is 14.5 Å². The fraction of sp³-hybridized carbons (Fsp3) is 0.0417. The van der Waals surface area contributed by atoms with E-state index in [4.69, 9.17) is 20.8 Å². The molecule has 0 fully saturated rings. The van der Waals surface area contributed by atoms with Crippen LogP contribution in [0.15, 0.2) is 88.1 Å². The monoisotopic (exact) mass is 433 g/mol. The number of carbonyl (C=O) groups excluding carboxylic acids is 2. The molecule has 31 heavy (non-hydrogen) atoms. The van der Waals surface area contributed by atoms with Gasteiger partial charge in [0.15, 0.2) is 0 Å². The number of carbonyl (C=O) groups is 2. The van der Waals surface area contributed by atoms with Crippen molar-refractivity contribution in [3.63, 3.8) is 0 Å². The Labute approximate surface area is 182 Å². The van der Waals surface area contributed by atoms with Crippen molar-refractivity contribution in [1.82, 2.24) is 5.32 Å². The molecule has 6 nitrogen and oxygen atoms in total. The van der Waals surface area contributed by atoms with E-state index in [2.05, 4.69) is 5.32 Å². The fourth-order valence-corrected chi connectivity index (χ4v) is 3.06. The first-order valence-electron chi connectivity index (χ1n) is 9.37. The minimum absolute atomic E-state index is 0.102. The molecular weight excluding hydrogens is 418 g/mol. The molecule has 0 radical (unpaired) electrons. The minimum atomic E-state index is -0.778. The average molecular weight is 434 g/mol. The number of halogens is 1. The Kier molecular flexibility index (Phi) is 5.82. The van der Waals surface area contributed by atoms with Crippen molar-refractivity contribution in [3.8, 4) is 5.75 Å². The van der Waals surface area contributed by atoms with Crippen LogP contribution in [0.4, 0.5) is 0 Å². The van der Waals surface area contributed by atoms with Gasteiger partial charge >= 0.3 is 11.6 Å². The van der Waals surface area contributed by atoms with Gasteiger partial charge in [-0.2, -0.15) is 0 Å². The summed E-state index contributed by atoms with van der Waals surface area (Å²) in [6, 6.07) is 21.7. The Balaban J connectivity index is 1.52. The molecule has 1 amide bonds. The standard InChI is InChI=1S/C24H16ClNO5/c25-18-9-6-16(7-10-18)23(28)30-19-11-8-17-12-20(24(29)31-21(17)13-19)22(27)26-14-15-4-2-1-3-5-15/h1-13H,14H2,(H,26,27). The predicted molar refractivity (Wildman–Crippen MR) is 117 cm³/mol. The number of rotatable bonds is 5. The third-order valence-corrected chi connectivity index (χ3v) is 4.79. The highest BCUT2D eigenvalue weighted by Gasteiger charge is 2.15. The summed E-state index contributed by atoms with van der Waals surface area (Å²) >= 11 is 5.82. The third-order valence-electron chi connectivity index (χ3n) is 4.54. The summed E-state index contributed by atoms with van der Waals surface area (Å²) in [4.78, 5) is 37.0. The average Bonchev–Trinajstić information content (AvgIpc) is 2.78. The van der Waals surface area contributed by atoms with E-state index in [1.54, 1.807) is 36.4 Å². The molecule has 154 valence electrons. The van der Waals surface area contributed by atoms with Crippen LogP contribution in [0.5, 0.6) is 5.75 Å². The van der Waals surface area contributed by atoms with Crippen LogP contribution in [0.25, 0.3) is 11.0 Å². The van der Waals surface area contributed by atoms with Crippen molar-refractivity contribution in [2.45, 2.75) is 6.54 Å². The summed E-state index contributed by atoms with van der Waals surface area (Å²) in [7, 11) is 0. The molecule has 4 aromatic rings. The molecule has 1 heterocycles. The largest absolute Gasteiger partial charge is 0.423 e. The van der Waals surface area contributed by atoms with E-state index in [-0.39, 0.29) is 23.4 Å². The number of nitrogens with one attached hydrogen (secondary N) is 1. The summed E-state index contributed by atoms with van der Waals surface area (Å²) < 4.78 is 10.6. The number of hydrogen-bond donors (Lipinski definition) is 1. The molecular formula is C24H16ClNO5. The predicted octanol–water partition coefficient (Wildman–Crippen LogP) is 4.60. The molecule has 0 unspecified atom stereocenters. The lowest BCUT2D eigenvalue weighted by molar-refractivity contribution is 0.0734.